The fourth-order valence-corrected chi connectivity index (χ4v) is 1.15. The number of hydrogen-bond donors (Lipinski definition) is 0. The number of nitro groups is 1. The molecule has 0 radical (unpaired) electrons. The summed E-state index contributed by atoms with van der Waals surface area (Å²) in [4.78, 5) is 9.63. The monoisotopic (exact) mass is 251 g/mol. The lowest BCUT2D eigenvalue weighted by atomic mass is 9.98. The molecule has 0 aromatic heterocycles. The van der Waals surface area contributed by atoms with Crippen molar-refractivity contribution in [3.63, 3.8) is 0 Å². The third-order valence-corrected chi connectivity index (χ3v) is 1.89. The van der Waals surface area contributed by atoms with Crippen LogP contribution in [-0.2, 0) is 0 Å². The molecular weight excluding hydrogens is 237 g/mol. The Kier molecular flexibility index (Phi) is 4.27. The van der Waals surface area contributed by atoms with E-state index in [-0.39, 0.29) is 17.8 Å². The van der Waals surface area contributed by atoms with E-state index in [9.17, 15) is 14.5 Å². The summed E-state index contributed by atoms with van der Waals surface area (Å²) in [6.45, 7) is 6.01. The van der Waals surface area contributed by atoms with Crippen LogP contribution >= 0.6 is 0 Å². The number of nitrogens with zero attached hydrogens (tertiary/aromatic N) is 1. The Morgan fingerprint density at radius 2 is 2.11 bits per heavy atom. The first-order valence-corrected chi connectivity index (χ1v) is 5.36. The second-order valence-electron chi connectivity index (χ2n) is 4.71. The highest BCUT2D eigenvalue weighted by atomic mass is 19.1. The molecule has 18 heavy (non-hydrogen) atoms. The predicted octanol–water partition coefficient (Wildman–Crippen LogP) is 3.16. The first-order valence-electron chi connectivity index (χ1n) is 5.36. The Hall–Kier alpha value is -2.09. The SMILES string of the molecule is CC(C)(C)C#CCOc1ccc([N+](=O)[O-])c(F)c1. The standard InChI is InChI=1S/C13H14FNO3/c1-13(2,3)7-4-8-18-10-5-6-12(15(16)17)11(14)9-10/h5-6,9H,8H2,1-3H3. The number of benzene rings is 1. The molecule has 0 saturated heterocycles. The van der Waals surface area contributed by atoms with Gasteiger partial charge in [0.15, 0.2) is 0 Å². The van der Waals surface area contributed by atoms with E-state index in [0.717, 1.165) is 12.1 Å². The highest BCUT2D eigenvalue weighted by Crippen LogP contribution is 2.22. The normalized spacial score (nSPS) is 10.4. The van der Waals surface area contributed by atoms with Crippen molar-refractivity contribution >= 4 is 5.69 Å². The molecule has 0 spiro atoms. The summed E-state index contributed by atoms with van der Waals surface area (Å²) in [5, 5.41) is 10.4. The van der Waals surface area contributed by atoms with Crippen LogP contribution in [0.3, 0.4) is 0 Å². The quantitative estimate of drug-likeness (QED) is 0.471. The van der Waals surface area contributed by atoms with Crippen LogP contribution in [0, 0.1) is 33.2 Å². The van der Waals surface area contributed by atoms with Crippen LogP contribution in [0.2, 0.25) is 0 Å². The van der Waals surface area contributed by atoms with Gasteiger partial charge in [0.25, 0.3) is 0 Å². The maximum Gasteiger partial charge on any atom is 0.305 e. The van der Waals surface area contributed by atoms with Crippen LogP contribution in [-0.4, -0.2) is 11.5 Å². The summed E-state index contributed by atoms with van der Waals surface area (Å²) in [6.07, 6.45) is 0. The van der Waals surface area contributed by atoms with Crippen molar-refractivity contribution in [3.05, 3.63) is 34.1 Å². The highest BCUT2D eigenvalue weighted by Gasteiger charge is 2.13. The molecule has 0 saturated carbocycles. The minimum Gasteiger partial charge on any atom is -0.481 e. The van der Waals surface area contributed by atoms with E-state index in [2.05, 4.69) is 11.8 Å². The number of nitro benzene ring substituents is 1. The predicted molar refractivity (Wildman–Crippen MR) is 65.8 cm³/mol. The summed E-state index contributed by atoms with van der Waals surface area (Å²) in [7, 11) is 0. The largest absolute Gasteiger partial charge is 0.481 e. The van der Waals surface area contributed by atoms with Gasteiger partial charge in [-0.1, -0.05) is 11.8 Å². The van der Waals surface area contributed by atoms with E-state index >= 15 is 0 Å². The molecule has 0 aliphatic heterocycles. The first kappa shape index (κ1) is 14.0. The Balaban J connectivity index is 2.67. The molecule has 0 atom stereocenters. The van der Waals surface area contributed by atoms with Crippen molar-refractivity contribution in [3.8, 4) is 17.6 Å². The molecule has 0 amide bonds. The van der Waals surface area contributed by atoms with Gasteiger partial charge in [-0.3, -0.25) is 10.1 Å². The van der Waals surface area contributed by atoms with E-state index in [4.69, 9.17) is 4.74 Å². The van der Waals surface area contributed by atoms with Crippen LogP contribution in [0.5, 0.6) is 5.75 Å². The highest BCUT2D eigenvalue weighted by molar-refractivity contribution is 5.38. The molecule has 1 aromatic carbocycles. The number of hydrogen-bond acceptors (Lipinski definition) is 3. The van der Waals surface area contributed by atoms with Crippen molar-refractivity contribution in [1.29, 1.82) is 0 Å². The van der Waals surface area contributed by atoms with Crippen molar-refractivity contribution < 1.29 is 14.1 Å². The average Bonchev–Trinajstić information content (AvgIpc) is 2.22. The fraction of sp³-hybridized carbons (Fsp3) is 0.385. The van der Waals surface area contributed by atoms with Gasteiger partial charge >= 0.3 is 5.69 Å². The summed E-state index contributed by atoms with van der Waals surface area (Å²) in [5.41, 5.74) is -0.687. The molecule has 0 unspecified atom stereocenters. The van der Waals surface area contributed by atoms with E-state index in [1.165, 1.54) is 6.07 Å². The summed E-state index contributed by atoms with van der Waals surface area (Å²) >= 11 is 0. The molecule has 4 nitrogen and oxygen atoms in total. The lowest BCUT2D eigenvalue weighted by Crippen LogP contribution is -2.02. The second-order valence-corrected chi connectivity index (χ2v) is 4.71. The lowest BCUT2D eigenvalue weighted by Gasteiger charge is -2.07. The average molecular weight is 251 g/mol. The molecule has 0 N–H and O–H groups in total. The molecule has 0 fully saturated rings. The van der Waals surface area contributed by atoms with Crippen molar-refractivity contribution in [1.82, 2.24) is 0 Å². The van der Waals surface area contributed by atoms with Gasteiger partial charge in [0.1, 0.15) is 12.4 Å². The first-order chi connectivity index (χ1) is 8.29. The zero-order valence-electron chi connectivity index (χ0n) is 10.5. The molecular formula is C13H14FNO3. The molecule has 5 heteroatoms. The zero-order chi connectivity index (χ0) is 13.8. The lowest BCUT2D eigenvalue weighted by molar-refractivity contribution is -0.387. The van der Waals surface area contributed by atoms with Crippen molar-refractivity contribution in [2.24, 2.45) is 5.41 Å². The van der Waals surface area contributed by atoms with E-state index in [0.29, 0.717) is 0 Å². The molecule has 0 aliphatic rings. The number of ether oxygens (including phenoxy) is 1. The topological polar surface area (TPSA) is 52.4 Å². The van der Waals surface area contributed by atoms with E-state index < -0.39 is 16.4 Å². The Morgan fingerprint density at radius 1 is 1.44 bits per heavy atom. The number of halogens is 1. The van der Waals surface area contributed by atoms with Gasteiger partial charge in [-0.05, 0) is 26.8 Å². The zero-order valence-corrected chi connectivity index (χ0v) is 10.5. The van der Waals surface area contributed by atoms with Crippen LogP contribution in [0.4, 0.5) is 10.1 Å². The van der Waals surface area contributed by atoms with Crippen LogP contribution in [0.1, 0.15) is 20.8 Å². The van der Waals surface area contributed by atoms with Crippen LogP contribution in [0.15, 0.2) is 18.2 Å². The molecule has 0 bridgehead atoms. The van der Waals surface area contributed by atoms with Gasteiger partial charge in [-0.2, -0.15) is 4.39 Å². The van der Waals surface area contributed by atoms with Crippen LogP contribution < -0.4 is 4.74 Å². The van der Waals surface area contributed by atoms with Crippen molar-refractivity contribution in [2.75, 3.05) is 6.61 Å². The molecule has 1 rings (SSSR count). The second kappa shape index (κ2) is 5.50. The maximum atomic E-state index is 13.2. The third-order valence-electron chi connectivity index (χ3n) is 1.89. The summed E-state index contributed by atoms with van der Waals surface area (Å²) < 4.78 is 18.4. The minimum absolute atomic E-state index is 0.120. The van der Waals surface area contributed by atoms with Gasteiger partial charge in [-0.15, -0.1) is 0 Å². The Labute approximate surface area is 105 Å². The molecule has 96 valence electrons. The van der Waals surface area contributed by atoms with Crippen molar-refractivity contribution in [2.45, 2.75) is 20.8 Å². The minimum atomic E-state index is -0.915. The molecule has 1 aromatic rings. The molecule has 0 heterocycles. The van der Waals surface area contributed by atoms with Gasteiger partial charge in [0.2, 0.25) is 5.82 Å². The van der Waals surface area contributed by atoms with E-state index in [1.54, 1.807) is 0 Å². The van der Waals surface area contributed by atoms with Gasteiger partial charge in [0, 0.05) is 17.5 Å². The third kappa shape index (κ3) is 4.42. The summed E-state index contributed by atoms with van der Waals surface area (Å²) in [5.74, 6) is 5.07. The smallest absolute Gasteiger partial charge is 0.305 e. The number of rotatable bonds is 3. The maximum absolute atomic E-state index is 13.2. The molecule has 0 aliphatic carbocycles. The van der Waals surface area contributed by atoms with Crippen LogP contribution in [0.25, 0.3) is 0 Å². The summed E-state index contributed by atoms with van der Waals surface area (Å²) in [6, 6.07) is 3.40. The van der Waals surface area contributed by atoms with Gasteiger partial charge in [0.05, 0.1) is 4.92 Å². The van der Waals surface area contributed by atoms with E-state index in [1.807, 2.05) is 20.8 Å². The Bertz CT molecular complexity index is 509. The Morgan fingerprint density at radius 3 is 2.61 bits per heavy atom. The van der Waals surface area contributed by atoms with Gasteiger partial charge < -0.3 is 4.74 Å². The van der Waals surface area contributed by atoms with Gasteiger partial charge in [-0.25, -0.2) is 0 Å². The fourth-order valence-electron chi connectivity index (χ4n) is 1.15.